The summed E-state index contributed by atoms with van der Waals surface area (Å²) in [7, 11) is 0. The Bertz CT molecular complexity index is 676. The minimum Gasteiger partial charge on any atom is -0.488 e. The Morgan fingerprint density at radius 2 is 1.86 bits per heavy atom. The summed E-state index contributed by atoms with van der Waals surface area (Å²) < 4.78 is 19.1. The van der Waals surface area contributed by atoms with Crippen molar-refractivity contribution < 1.29 is 14.2 Å². The summed E-state index contributed by atoms with van der Waals surface area (Å²) in [5.41, 5.74) is 3.86. The fourth-order valence-corrected chi connectivity index (χ4v) is 2.09. The molecule has 108 valence electrons. The monoisotopic (exact) mass is 284 g/mol. The van der Waals surface area contributed by atoms with Crippen LogP contribution in [0.5, 0.6) is 5.75 Å². The van der Waals surface area contributed by atoms with E-state index in [0.29, 0.717) is 17.9 Å². The van der Waals surface area contributed by atoms with Crippen molar-refractivity contribution in [1.29, 1.82) is 0 Å². The van der Waals surface area contributed by atoms with Crippen LogP contribution in [0.1, 0.15) is 22.3 Å². The van der Waals surface area contributed by atoms with Crippen LogP contribution in [-0.4, -0.2) is 11.7 Å². The zero-order valence-electron chi connectivity index (χ0n) is 12.1. The highest BCUT2D eigenvalue weighted by atomic mass is 19.1. The van der Waals surface area contributed by atoms with Crippen LogP contribution in [0, 0.1) is 31.5 Å². The zero-order valence-corrected chi connectivity index (χ0v) is 12.1. The minimum atomic E-state index is -0.378. The number of aryl methyl sites for hydroxylation is 2. The van der Waals surface area contributed by atoms with Gasteiger partial charge in [0.05, 0.1) is 5.56 Å². The number of hydrogen-bond acceptors (Lipinski definition) is 2. The van der Waals surface area contributed by atoms with Gasteiger partial charge in [-0.1, -0.05) is 30.0 Å². The summed E-state index contributed by atoms with van der Waals surface area (Å²) in [6.45, 7) is 4.19. The molecule has 0 fully saturated rings. The number of aliphatic hydroxyl groups excluding tert-OH is 1. The molecule has 3 heteroatoms. The first kappa shape index (κ1) is 15.1. The SMILES string of the molecule is Cc1cccc(C)c1COc1ccc(F)cc1C#CCO. The molecule has 0 aromatic heterocycles. The number of aliphatic hydroxyl groups is 1. The van der Waals surface area contributed by atoms with E-state index in [-0.39, 0.29) is 12.4 Å². The zero-order chi connectivity index (χ0) is 15.2. The molecule has 0 radical (unpaired) electrons. The second-order valence-electron chi connectivity index (χ2n) is 4.76. The van der Waals surface area contributed by atoms with Gasteiger partial charge in [-0.3, -0.25) is 0 Å². The lowest BCUT2D eigenvalue weighted by Gasteiger charge is -2.12. The van der Waals surface area contributed by atoms with Crippen LogP contribution in [0.4, 0.5) is 4.39 Å². The second-order valence-corrected chi connectivity index (χ2v) is 4.76. The maximum atomic E-state index is 13.3. The molecule has 2 aromatic carbocycles. The summed E-state index contributed by atoms with van der Waals surface area (Å²) in [6, 6.07) is 10.3. The molecular formula is C18H17FO2. The van der Waals surface area contributed by atoms with Crippen molar-refractivity contribution in [3.8, 4) is 17.6 Å². The predicted molar refractivity (Wildman–Crippen MR) is 80.6 cm³/mol. The van der Waals surface area contributed by atoms with Crippen LogP contribution < -0.4 is 4.74 Å². The molecule has 0 unspecified atom stereocenters. The standard InChI is InChI=1S/C18H17FO2/c1-13-5-3-6-14(2)17(13)12-21-18-9-8-16(19)11-15(18)7-4-10-20/h3,5-6,8-9,11,20H,10,12H2,1-2H3. The Hall–Kier alpha value is -2.31. The molecule has 21 heavy (non-hydrogen) atoms. The van der Waals surface area contributed by atoms with Gasteiger partial charge in [-0.2, -0.15) is 0 Å². The summed E-state index contributed by atoms with van der Waals surface area (Å²) in [5, 5.41) is 8.76. The molecule has 0 aliphatic carbocycles. The Morgan fingerprint density at radius 1 is 1.14 bits per heavy atom. The fourth-order valence-electron chi connectivity index (χ4n) is 2.09. The molecule has 0 saturated heterocycles. The summed E-state index contributed by atoms with van der Waals surface area (Å²) >= 11 is 0. The molecule has 2 rings (SSSR count). The predicted octanol–water partition coefficient (Wildman–Crippen LogP) is 3.37. The van der Waals surface area contributed by atoms with Gasteiger partial charge in [0.15, 0.2) is 0 Å². The van der Waals surface area contributed by atoms with Crippen LogP contribution in [-0.2, 0) is 6.61 Å². The molecule has 0 heterocycles. The molecule has 2 nitrogen and oxygen atoms in total. The second kappa shape index (κ2) is 6.92. The summed E-state index contributed by atoms with van der Waals surface area (Å²) in [5.74, 6) is 5.35. The maximum absolute atomic E-state index is 13.3. The normalized spacial score (nSPS) is 9.90. The van der Waals surface area contributed by atoms with E-state index in [1.807, 2.05) is 32.0 Å². The van der Waals surface area contributed by atoms with Gasteiger partial charge in [-0.05, 0) is 48.7 Å². The van der Waals surface area contributed by atoms with E-state index in [1.165, 1.54) is 12.1 Å². The first-order chi connectivity index (χ1) is 10.1. The number of hydrogen-bond donors (Lipinski definition) is 1. The largest absolute Gasteiger partial charge is 0.488 e. The molecule has 2 aromatic rings. The highest BCUT2D eigenvalue weighted by Crippen LogP contribution is 2.22. The van der Waals surface area contributed by atoms with E-state index < -0.39 is 0 Å². The van der Waals surface area contributed by atoms with Crippen molar-refractivity contribution in [1.82, 2.24) is 0 Å². The number of benzene rings is 2. The lowest BCUT2D eigenvalue weighted by atomic mass is 10.0. The third-order valence-electron chi connectivity index (χ3n) is 3.26. The molecule has 0 atom stereocenters. The van der Waals surface area contributed by atoms with Crippen LogP contribution >= 0.6 is 0 Å². The van der Waals surface area contributed by atoms with Gasteiger partial charge in [0.25, 0.3) is 0 Å². The van der Waals surface area contributed by atoms with E-state index in [0.717, 1.165) is 16.7 Å². The molecule has 1 N–H and O–H groups in total. The van der Waals surface area contributed by atoms with Crippen molar-refractivity contribution in [3.05, 3.63) is 64.5 Å². The van der Waals surface area contributed by atoms with Gasteiger partial charge in [0.1, 0.15) is 24.8 Å². The Morgan fingerprint density at radius 3 is 2.52 bits per heavy atom. The first-order valence-corrected chi connectivity index (χ1v) is 6.69. The van der Waals surface area contributed by atoms with E-state index in [1.54, 1.807) is 6.07 Å². The van der Waals surface area contributed by atoms with Gasteiger partial charge in [0, 0.05) is 0 Å². The van der Waals surface area contributed by atoms with Crippen molar-refractivity contribution in [2.75, 3.05) is 6.61 Å². The lowest BCUT2D eigenvalue weighted by molar-refractivity contribution is 0.303. The van der Waals surface area contributed by atoms with Gasteiger partial charge in [0.2, 0.25) is 0 Å². The van der Waals surface area contributed by atoms with Crippen LogP contribution in [0.3, 0.4) is 0 Å². The maximum Gasteiger partial charge on any atom is 0.135 e. The summed E-state index contributed by atoms with van der Waals surface area (Å²) in [6.07, 6.45) is 0. The van der Waals surface area contributed by atoms with Crippen molar-refractivity contribution in [3.63, 3.8) is 0 Å². The third-order valence-corrected chi connectivity index (χ3v) is 3.26. The lowest BCUT2D eigenvalue weighted by Crippen LogP contribution is -2.02. The molecule has 0 amide bonds. The molecule has 0 spiro atoms. The average molecular weight is 284 g/mol. The van der Waals surface area contributed by atoms with Crippen molar-refractivity contribution >= 4 is 0 Å². The minimum absolute atomic E-state index is 0.271. The quantitative estimate of drug-likeness (QED) is 0.876. The average Bonchev–Trinajstić information content (AvgIpc) is 2.46. The summed E-state index contributed by atoms with van der Waals surface area (Å²) in [4.78, 5) is 0. The van der Waals surface area contributed by atoms with Crippen LogP contribution in [0.2, 0.25) is 0 Å². The number of halogens is 1. The van der Waals surface area contributed by atoms with Gasteiger partial charge >= 0.3 is 0 Å². The molecule has 0 bridgehead atoms. The molecule has 0 aliphatic rings. The molecule has 0 saturated carbocycles. The van der Waals surface area contributed by atoms with Gasteiger partial charge in [-0.15, -0.1) is 0 Å². The molecular weight excluding hydrogens is 267 g/mol. The Kier molecular flexibility index (Phi) is 4.97. The van der Waals surface area contributed by atoms with E-state index in [4.69, 9.17) is 9.84 Å². The highest BCUT2D eigenvalue weighted by Gasteiger charge is 2.07. The van der Waals surface area contributed by atoms with Gasteiger partial charge in [-0.25, -0.2) is 4.39 Å². The first-order valence-electron chi connectivity index (χ1n) is 6.69. The third kappa shape index (κ3) is 3.84. The topological polar surface area (TPSA) is 29.5 Å². The Balaban J connectivity index is 2.24. The van der Waals surface area contributed by atoms with Crippen LogP contribution in [0.15, 0.2) is 36.4 Å². The van der Waals surface area contributed by atoms with E-state index >= 15 is 0 Å². The number of rotatable bonds is 3. The van der Waals surface area contributed by atoms with Crippen molar-refractivity contribution in [2.45, 2.75) is 20.5 Å². The van der Waals surface area contributed by atoms with Crippen molar-refractivity contribution in [2.24, 2.45) is 0 Å². The molecule has 0 aliphatic heterocycles. The number of ether oxygens (including phenoxy) is 1. The fraction of sp³-hybridized carbons (Fsp3) is 0.222. The highest BCUT2D eigenvalue weighted by molar-refractivity contribution is 5.46. The van der Waals surface area contributed by atoms with Gasteiger partial charge < -0.3 is 9.84 Å². The van der Waals surface area contributed by atoms with E-state index in [9.17, 15) is 4.39 Å². The smallest absolute Gasteiger partial charge is 0.135 e. The van der Waals surface area contributed by atoms with E-state index in [2.05, 4.69) is 11.8 Å². The van der Waals surface area contributed by atoms with Crippen LogP contribution in [0.25, 0.3) is 0 Å². The Labute approximate surface area is 124 Å².